The number of imidazole rings is 1. The standard InChI is InChI=1S/C18H25N5/c1-22-9-7-19-18(22)17-12-20-15(11-21-17)10-14-6-8-23(13-14)16-4-2-3-5-16/h7,9,11-12,14,16H,2-6,8,10,13H2,1H3. The maximum absolute atomic E-state index is 4.63. The Hall–Kier alpha value is -1.75. The number of likely N-dealkylation sites (tertiary alicyclic amines) is 1. The normalized spacial score (nSPS) is 22.9. The van der Waals surface area contributed by atoms with E-state index in [2.05, 4.69) is 19.9 Å². The Morgan fingerprint density at radius 3 is 2.65 bits per heavy atom. The van der Waals surface area contributed by atoms with Gasteiger partial charge in [-0.2, -0.15) is 0 Å². The fourth-order valence-electron chi connectivity index (χ4n) is 4.11. The Morgan fingerprint density at radius 1 is 1.09 bits per heavy atom. The van der Waals surface area contributed by atoms with Gasteiger partial charge >= 0.3 is 0 Å². The van der Waals surface area contributed by atoms with Gasteiger partial charge in [0.25, 0.3) is 0 Å². The van der Waals surface area contributed by atoms with Gasteiger partial charge < -0.3 is 9.47 Å². The van der Waals surface area contributed by atoms with Crippen LogP contribution in [0.1, 0.15) is 37.8 Å². The molecule has 0 radical (unpaired) electrons. The van der Waals surface area contributed by atoms with Crippen molar-refractivity contribution in [3.8, 4) is 11.5 Å². The van der Waals surface area contributed by atoms with E-state index in [1.807, 2.05) is 30.2 Å². The summed E-state index contributed by atoms with van der Waals surface area (Å²) in [6, 6.07) is 0.858. The molecule has 2 aromatic rings. The van der Waals surface area contributed by atoms with Gasteiger partial charge in [0.1, 0.15) is 5.69 Å². The quantitative estimate of drug-likeness (QED) is 0.871. The Kier molecular flexibility index (Phi) is 4.12. The first-order valence-electron chi connectivity index (χ1n) is 8.82. The Morgan fingerprint density at radius 2 is 1.96 bits per heavy atom. The average molecular weight is 311 g/mol. The summed E-state index contributed by atoms with van der Waals surface area (Å²) < 4.78 is 1.97. The molecule has 1 aliphatic heterocycles. The van der Waals surface area contributed by atoms with Crippen LogP contribution in [-0.2, 0) is 13.5 Å². The van der Waals surface area contributed by atoms with Crippen LogP contribution in [0.4, 0.5) is 0 Å². The fourth-order valence-corrected chi connectivity index (χ4v) is 4.11. The van der Waals surface area contributed by atoms with Crippen LogP contribution in [0.2, 0.25) is 0 Å². The molecule has 2 aromatic heterocycles. The molecule has 1 saturated carbocycles. The van der Waals surface area contributed by atoms with Gasteiger partial charge in [-0.3, -0.25) is 4.98 Å². The first-order chi connectivity index (χ1) is 11.3. The SMILES string of the molecule is Cn1ccnc1-c1cnc(CC2CCN(C3CCCC3)C2)cn1. The van der Waals surface area contributed by atoms with Crippen molar-refractivity contribution in [2.24, 2.45) is 13.0 Å². The van der Waals surface area contributed by atoms with Crippen LogP contribution in [0.3, 0.4) is 0 Å². The Bertz CT molecular complexity index is 642. The summed E-state index contributed by atoms with van der Waals surface area (Å²) in [5.41, 5.74) is 1.96. The molecule has 1 atom stereocenters. The topological polar surface area (TPSA) is 46.8 Å². The van der Waals surface area contributed by atoms with Gasteiger partial charge in [0.05, 0.1) is 11.9 Å². The lowest BCUT2D eigenvalue weighted by molar-refractivity contribution is 0.237. The summed E-state index contributed by atoms with van der Waals surface area (Å²) in [4.78, 5) is 16.2. The maximum atomic E-state index is 4.63. The van der Waals surface area contributed by atoms with Crippen molar-refractivity contribution in [1.29, 1.82) is 0 Å². The zero-order chi connectivity index (χ0) is 15.6. The second-order valence-corrected chi connectivity index (χ2v) is 7.05. The molecule has 0 spiro atoms. The third kappa shape index (κ3) is 3.15. The van der Waals surface area contributed by atoms with Gasteiger partial charge in [0.2, 0.25) is 0 Å². The first kappa shape index (κ1) is 14.8. The van der Waals surface area contributed by atoms with E-state index in [1.165, 1.54) is 45.2 Å². The van der Waals surface area contributed by atoms with E-state index in [1.54, 1.807) is 6.20 Å². The second-order valence-electron chi connectivity index (χ2n) is 7.05. The molecule has 5 nitrogen and oxygen atoms in total. The maximum Gasteiger partial charge on any atom is 0.159 e. The molecule has 23 heavy (non-hydrogen) atoms. The van der Waals surface area contributed by atoms with Gasteiger partial charge in [-0.25, -0.2) is 9.97 Å². The van der Waals surface area contributed by atoms with Crippen molar-refractivity contribution in [2.75, 3.05) is 13.1 Å². The molecule has 122 valence electrons. The molecule has 0 amide bonds. The van der Waals surface area contributed by atoms with Crippen molar-refractivity contribution in [1.82, 2.24) is 24.4 Å². The molecule has 4 rings (SSSR count). The minimum atomic E-state index is 0.740. The molecule has 1 saturated heterocycles. The van der Waals surface area contributed by atoms with Gasteiger partial charge in [-0.1, -0.05) is 12.8 Å². The summed E-state index contributed by atoms with van der Waals surface area (Å²) in [5, 5.41) is 0. The number of aromatic nitrogens is 4. The van der Waals surface area contributed by atoms with Crippen LogP contribution in [0.25, 0.3) is 11.5 Å². The number of hydrogen-bond donors (Lipinski definition) is 0. The molecule has 1 unspecified atom stereocenters. The Balaban J connectivity index is 1.37. The number of aryl methyl sites for hydroxylation is 1. The van der Waals surface area contributed by atoms with E-state index < -0.39 is 0 Å². The average Bonchev–Trinajstić information content (AvgIpc) is 3.29. The summed E-state index contributed by atoms with van der Waals surface area (Å²) >= 11 is 0. The van der Waals surface area contributed by atoms with E-state index in [0.717, 1.165) is 35.6 Å². The zero-order valence-corrected chi connectivity index (χ0v) is 13.9. The van der Waals surface area contributed by atoms with Crippen LogP contribution in [0, 0.1) is 5.92 Å². The predicted octanol–water partition coefficient (Wildman–Crippen LogP) is 2.68. The molecular formula is C18H25N5. The summed E-state index contributed by atoms with van der Waals surface area (Å²) in [7, 11) is 1.98. The molecular weight excluding hydrogens is 286 g/mol. The summed E-state index contributed by atoms with van der Waals surface area (Å²) in [6.45, 7) is 2.52. The van der Waals surface area contributed by atoms with Gasteiger partial charge in [-0.05, 0) is 38.1 Å². The largest absolute Gasteiger partial charge is 0.333 e. The van der Waals surface area contributed by atoms with Crippen LogP contribution in [0.15, 0.2) is 24.8 Å². The number of nitrogens with zero attached hydrogens (tertiary/aromatic N) is 5. The monoisotopic (exact) mass is 311 g/mol. The number of hydrogen-bond acceptors (Lipinski definition) is 4. The first-order valence-corrected chi connectivity index (χ1v) is 8.82. The van der Waals surface area contributed by atoms with E-state index >= 15 is 0 Å². The highest BCUT2D eigenvalue weighted by molar-refractivity contribution is 5.47. The van der Waals surface area contributed by atoms with E-state index in [9.17, 15) is 0 Å². The molecule has 0 aromatic carbocycles. The molecule has 1 aliphatic carbocycles. The lowest BCUT2D eigenvalue weighted by atomic mass is 10.0. The summed E-state index contributed by atoms with van der Waals surface area (Å²) in [5.74, 6) is 1.61. The van der Waals surface area contributed by atoms with Crippen LogP contribution >= 0.6 is 0 Å². The molecule has 2 aliphatic rings. The fraction of sp³-hybridized carbons (Fsp3) is 0.611. The van der Waals surface area contributed by atoms with Crippen molar-refractivity contribution in [3.05, 3.63) is 30.5 Å². The molecule has 2 fully saturated rings. The lowest BCUT2D eigenvalue weighted by Crippen LogP contribution is -2.31. The zero-order valence-electron chi connectivity index (χ0n) is 13.9. The lowest BCUT2D eigenvalue weighted by Gasteiger charge is -2.23. The summed E-state index contributed by atoms with van der Waals surface area (Å²) in [6.07, 6.45) is 15.5. The van der Waals surface area contributed by atoms with E-state index in [-0.39, 0.29) is 0 Å². The third-order valence-electron chi connectivity index (χ3n) is 5.41. The van der Waals surface area contributed by atoms with E-state index in [4.69, 9.17) is 0 Å². The highest BCUT2D eigenvalue weighted by Gasteiger charge is 2.30. The molecule has 5 heteroatoms. The minimum absolute atomic E-state index is 0.740. The van der Waals surface area contributed by atoms with E-state index in [0.29, 0.717) is 0 Å². The van der Waals surface area contributed by atoms with Crippen LogP contribution in [-0.4, -0.2) is 43.6 Å². The molecule has 0 N–H and O–H groups in total. The highest BCUT2D eigenvalue weighted by atomic mass is 15.2. The predicted molar refractivity (Wildman–Crippen MR) is 89.9 cm³/mol. The third-order valence-corrected chi connectivity index (χ3v) is 5.41. The van der Waals surface area contributed by atoms with Gasteiger partial charge in [0.15, 0.2) is 5.82 Å². The van der Waals surface area contributed by atoms with Crippen molar-refractivity contribution in [2.45, 2.75) is 44.6 Å². The van der Waals surface area contributed by atoms with Gasteiger partial charge in [-0.15, -0.1) is 0 Å². The van der Waals surface area contributed by atoms with Gasteiger partial charge in [0, 0.05) is 38.2 Å². The van der Waals surface area contributed by atoms with Crippen molar-refractivity contribution in [3.63, 3.8) is 0 Å². The highest BCUT2D eigenvalue weighted by Crippen LogP contribution is 2.29. The number of rotatable bonds is 4. The minimum Gasteiger partial charge on any atom is -0.333 e. The van der Waals surface area contributed by atoms with Crippen molar-refractivity contribution >= 4 is 0 Å². The van der Waals surface area contributed by atoms with Crippen molar-refractivity contribution < 1.29 is 0 Å². The molecule has 0 bridgehead atoms. The van der Waals surface area contributed by atoms with Crippen LogP contribution in [0.5, 0.6) is 0 Å². The smallest absolute Gasteiger partial charge is 0.159 e. The Labute approximate surface area is 137 Å². The second kappa shape index (κ2) is 6.40. The van der Waals surface area contributed by atoms with Crippen LogP contribution < -0.4 is 0 Å². The molecule has 3 heterocycles.